The van der Waals surface area contributed by atoms with E-state index in [-0.39, 0.29) is 6.04 Å². The van der Waals surface area contributed by atoms with Crippen LogP contribution < -0.4 is 15.4 Å². The van der Waals surface area contributed by atoms with Crippen LogP contribution >= 0.6 is 0 Å². The fourth-order valence-electron chi connectivity index (χ4n) is 2.91. The van der Waals surface area contributed by atoms with E-state index in [4.69, 9.17) is 5.73 Å². The predicted molar refractivity (Wildman–Crippen MR) is 85.9 cm³/mol. The van der Waals surface area contributed by atoms with Crippen LogP contribution in [0.15, 0.2) is 29.2 Å². The van der Waals surface area contributed by atoms with Crippen LogP contribution in [0.25, 0.3) is 0 Å². The number of hydrogen-bond donors (Lipinski definition) is 2. The van der Waals surface area contributed by atoms with Crippen molar-refractivity contribution in [2.45, 2.75) is 50.1 Å². The molecule has 0 radical (unpaired) electrons. The van der Waals surface area contributed by atoms with Gasteiger partial charge >= 0.3 is 0 Å². The Hall–Kier alpha value is -1.11. The van der Waals surface area contributed by atoms with E-state index in [2.05, 4.69) is 9.62 Å². The number of anilines is 1. The number of hydrogen-bond acceptors (Lipinski definition) is 4. The molecule has 0 aromatic heterocycles. The second-order valence-electron chi connectivity index (χ2n) is 5.61. The Balaban J connectivity index is 2.22. The highest BCUT2D eigenvalue weighted by Gasteiger charge is 2.25. The summed E-state index contributed by atoms with van der Waals surface area (Å²) in [6, 6.07) is 7.53. The molecular formula is C15H25N3O2S. The van der Waals surface area contributed by atoms with Gasteiger partial charge in [-0.3, -0.25) is 0 Å². The quantitative estimate of drug-likeness (QED) is 0.868. The minimum atomic E-state index is -3.38. The van der Waals surface area contributed by atoms with Gasteiger partial charge in [0, 0.05) is 30.9 Å². The number of sulfonamides is 1. The fourth-order valence-corrected chi connectivity index (χ4v) is 3.96. The van der Waals surface area contributed by atoms with Crippen LogP contribution in [0.5, 0.6) is 0 Å². The van der Waals surface area contributed by atoms with Crippen molar-refractivity contribution in [1.82, 2.24) is 4.72 Å². The first kappa shape index (κ1) is 16.3. The van der Waals surface area contributed by atoms with E-state index in [1.54, 1.807) is 19.1 Å². The highest BCUT2D eigenvalue weighted by Crippen LogP contribution is 2.27. The predicted octanol–water partition coefficient (Wildman–Crippen LogP) is 1.69. The van der Waals surface area contributed by atoms with Crippen molar-refractivity contribution in [3.8, 4) is 0 Å². The molecule has 5 nitrogen and oxygen atoms in total. The van der Waals surface area contributed by atoms with Crippen LogP contribution in [0, 0.1) is 0 Å². The van der Waals surface area contributed by atoms with Gasteiger partial charge in [0.05, 0.1) is 4.90 Å². The lowest BCUT2D eigenvalue weighted by molar-refractivity contribution is 0.413. The molecule has 118 valence electrons. The average molecular weight is 311 g/mol. The highest BCUT2D eigenvalue weighted by molar-refractivity contribution is 7.89. The van der Waals surface area contributed by atoms with E-state index < -0.39 is 10.0 Å². The Morgan fingerprint density at radius 1 is 1.33 bits per heavy atom. The second kappa shape index (κ2) is 6.77. The van der Waals surface area contributed by atoms with Crippen molar-refractivity contribution in [3.05, 3.63) is 24.3 Å². The molecule has 3 N–H and O–H groups in total. The van der Waals surface area contributed by atoms with Gasteiger partial charge in [-0.15, -0.1) is 0 Å². The Kier molecular flexibility index (Phi) is 5.24. The lowest BCUT2D eigenvalue weighted by atomic mass is 9.96. The van der Waals surface area contributed by atoms with Gasteiger partial charge in [0.25, 0.3) is 0 Å². The molecule has 2 atom stereocenters. The average Bonchev–Trinajstić information content (AvgIpc) is 2.47. The SMILES string of the molecule is CCNS(=O)(=O)c1ccc(N2CCCCC2C(C)N)cc1. The van der Waals surface area contributed by atoms with Crippen molar-refractivity contribution in [3.63, 3.8) is 0 Å². The van der Waals surface area contributed by atoms with Crippen molar-refractivity contribution >= 4 is 15.7 Å². The third-order valence-electron chi connectivity index (χ3n) is 3.97. The maximum atomic E-state index is 11.9. The monoisotopic (exact) mass is 311 g/mol. The lowest BCUT2D eigenvalue weighted by Crippen LogP contribution is -2.49. The van der Waals surface area contributed by atoms with Gasteiger partial charge < -0.3 is 10.6 Å². The van der Waals surface area contributed by atoms with E-state index in [1.165, 1.54) is 6.42 Å². The Labute approximate surface area is 127 Å². The molecule has 1 aliphatic rings. The van der Waals surface area contributed by atoms with Gasteiger partial charge in [0.1, 0.15) is 0 Å². The number of nitrogens with two attached hydrogens (primary N) is 1. The molecule has 1 aromatic carbocycles. The summed E-state index contributed by atoms with van der Waals surface area (Å²) in [6.45, 7) is 5.17. The van der Waals surface area contributed by atoms with E-state index in [0.717, 1.165) is 25.1 Å². The standard InChI is InChI=1S/C15H25N3O2S/c1-3-17-21(19,20)14-9-7-13(8-10-14)18-11-5-4-6-15(18)12(2)16/h7-10,12,15,17H,3-6,11,16H2,1-2H3. The third kappa shape index (κ3) is 3.75. The van der Waals surface area contributed by atoms with Crippen molar-refractivity contribution in [1.29, 1.82) is 0 Å². The molecule has 0 bridgehead atoms. The summed E-state index contributed by atoms with van der Waals surface area (Å²) in [5.74, 6) is 0. The molecule has 1 fully saturated rings. The van der Waals surface area contributed by atoms with Crippen LogP contribution in [0.4, 0.5) is 5.69 Å². The van der Waals surface area contributed by atoms with Crippen molar-refractivity contribution in [2.75, 3.05) is 18.0 Å². The van der Waals surface area contributed by atoms with Gasteiger partial charge in [-0.2, -0.15) is 0 Å². The zero-order valence-electron chi connectivity index (χ0n) is 12.7. The number of piperidine rings is 1. The van der Waals surface area contributed by atoms with Gasteiger partial charge in [0.2, 0.25) is 10.0 Å². The molecule has 1 aliphatic heterocycles. The number of nitrogens with one attached hydrogen (secondary N) is 1. The van der Waals surface area contributed by atoms with Crippen LogP contribution in [-0.2, 0) is 10.0 Å². The molecule has 0 amide bonds. The molecule has 2 rings (SSSR count). The second-order valence-corrected chi connectivity index (χ2v) is 7.38. The van der Waals surface area contributed by atoms with Gasteiger partial charge in [-0.1, -0.05) is 6.92 Å². The molecule has 1 aromatic rings. The van der Waals surface area contributed by atoms with E-state index in [0.29, 0.717) is 17.5 Å². The normalized spacial score (nSPS) is 21.3. The Bertz CT molecular complexity index is 555. The first-order valence-corrected chi connectivity index (χ1v) is 9.06. The van der Waals surface area contributed by atoms with Gasteiger partial charge in [-0.05, 0) is 50.5 Å². The molecular weight excluding hydrogens is 286 g/mol. The van der Waals surface area contributed by atoms with Gasteiger partial charge in [0.15, 0.2) is 0 Å². The summed E-state index contributed by atoms with van der Waals surface area (Å²) >= 11 is 0. The van der Waals surface area contributed by atoms with Crippen LogP contribution in [-0.4, -0.2) is 33.6 Å². The van der Waals surface area contributed by atoms with Crippen LogP contribution in [0.2, 0.25) is 0 Å². The molecule has 1 heterocycles. The molecule has 21 heavy (non-hydrogen) atoms. The van der Waals surface area contributed by atoms with E-state index >= 15 is 0 Å². The number of rotatable bonds is 5. The highest BCUT2D eigenvalue weighted by atomic mass is 32.2. The van der Waals surface area contributed by atoms with Crippen molar-refractivity contribution in [2.24, 2.45) is 5.73 Å². The molecule has 6 heteroatoms. The molecule has 2 unspecified atom stereocenters. The summed E-state index contributed by atoms with van der Waals surface area (Å²) < 4.78 is 26.4. The maximum absolute atomic E-state index is 11.9. The van der Waals surface area contributed by atoms with Crippen LogP contribution in [0.3, 0.4) is 0 Å². The minimum absolute atomic E-state index is 0.107. The summed E-state index contributed by atoms with van der Waals surface area (Å²) in [5, 5.41) is 0. The fraction of sp³-hybridized carbons (Fsp3) is 0.600. The molecule has 0 spiro atoms. The Morgan fingerprint density at radius 3 is 2.57 bits per heavy atom. The first-order valence-electron chi connectivity index (χ1n) is 7.57. The summed E-state index contributed by atoms with van der Waals surface area (Å²) in [7, 11) is -3.38. The number of benzene rings is 1. The van der Waals surface area contributed by atoms with E-state index in [1.807, 2.05) is 19.1 Å². The Morgan fingerprint density at radius 2 is 2.00 bits per heavy atom. The number of nitrogens with zero attached hydrogens (tertiary/aromatic N) is 1. The molecule has 1 saturated heterocycles. The van der Waals surface area contributed by atoms with Crippen LogP contribution in [0.1, 0.15) is 33.1 Å². The van der Waals surface area contributed by atoms with E-state index in [9.17, 15) is 8.42 Å². The largest absolute Gasteiger partial charge is 0.367 e. The maximum Gasteiger partial charge on any atom is 0.240 e. The third-order valence-corrected chi connectivity index (χ3v) is 5.53. The summed E-state index contributed by atoms with van der Waals surface area (Å²) in [4.78, 5) is 2.61. The lowest BCUT2D eigenvalue weighted by Gasteiger charge is -2.39. The molecule has 0 aliphatic carbocycles. The van der Waals surface area contributed by atoms with Gasteiger partial charge in [-0.25, -0.2) is 13.1 Å². The summed E-state index contributed by atoms with van der Waals surface area (Å²) in [6.07, 6.45) is 3.45. The molecule has 0 saturated carbocycles. The first-order chi connectivity index (χ1) is 9.95. The summed E-state index contributed by atoms with van der Waals surface area (Å²) in [5.41, 5.74) is 7.13. The minimum Gasteiger partial charge on any atom is -0.367 e. The van der Waals surface area contributed by atoms with Crippen molar-refractivity contribution < 1.29 is 8.42 Å². The topological polar surface area (TPSA) is 75.4 Å². The zero-order valence-corrected chi connectivity index (χ0v) is 13.6. The zero-order chi connectivity index (χ0) is 15.5. The smallest absolute Gasteiger partial charge is 0.240 e.